The summed E-state index contributed by atoms with van der Waals surface area (Å²) < 4.78 is 0. The van der Waals surface area contributed by atoms with Crippen LogP contribution in [0, 0.1) is 0 Å². The lowest BCUT2D eigenvalue weighted by molar-refractivity contribution is -0.130. The molecule has 0 saturated carbocycles. The second kappa shape index (κ2) is 11.3. The smallest absolute Gasteiger partial charge is 0.244 e. The van der Waals surface area contributed by atoms with Gasteiger partial charge in [-0.05, 0) is 26.3 Å². The quantitative estimate of drug-likeness (QED) is 0.420. The zero-order chi connectivity index (χ0) is 15.7. The first-order chi connectivity index (χ1) is 10.1. The van der Waals surface area contributed by atoms with Crippen LogP contribution in [0.3, 0.4) is 0 Å². The molecule has 0 fully saturated rings. The molecule has 0 saturated heterocycles. The van der Waals surface area contributed by atoms with Crippen LogP contribution in [0.1, 0.15) is 26.3 Å². The fourth-order valence-corrected chi connectivity index (χ4v) is 2.08. The van der Waals surface area contributed by atoms with Gasteiger partial charge in [0.25, 0.3) is 0 Å². The fourth-order valence-electron chi connectivity index (χ4n) is 2.08. The molecule has 1 aromatic carbocycles. The lowest BCUT2D eigenvalue weighted by Gasteiger charge is -2.22. The average molecular weight is 418 g/mol. The summed E-state index contributed by atoms with van der Waals surface area (Å²) in [4.78, 5) is 20.2. The maximum absolute atomic E-state index is 12.2. The predicted molar refractivity (Wildman–Crippen MR) is 102 cm³/mol. The van der Waals surface area contributed by atoms with Crippen molar-refractivity contribution >= 4 is 35.8 Å². The molecule has 6 heteroatoms. The third kappa shape index (κ3) is 6.64. The average Bonchev–Trinajstić information content (AvgIpc) is 2.52. The van der Waals surface area contributed by atoms with Gasteiger partial charge in [0, 0.05) is 26.2 Å². The van der Waals surface area contributed by atoms with Crippen molar-refractivity contribution in [3.05, 3.63) is 35.9 Å². The number of carbonyl (C=O) groups is 1. The van der Waals surface area contributed by atoms with Gasteiger partial charge in [0.2, 0.25) is 5.91 Å². The first kappa shape index (κ1) is 20.7. The van der Waals surface area contributed by atoms with Gasteiger partial charge in [-0.25, -0.2) is 4.99 Å². The van der Waals surface area contributed by atoms with Gasteiger partial charge in [-0.2, -0.15) is 0 Å². The first-order valence-electron chi connectivity index (χ1n) is 7.48. The molecule has 0 radical (unpaired) electrons. The number of guanidine groups is 1. The minimum atomic E-state index is -0.00328. The third-order valence-corrected chi connectivity index (χ3v) is 3.41. The summed E-state index contributed by atoms with van der Waals surface area (Å²) in [6.45, 7) is 8.96. The number of nitrogens with two attached hydrogens (primary N) is 1. The lowest BCUT2D eigenvalue weighted by atomic mass is 10.2. The summed E-state index contributed by atoms with van der Waals surface area (Å²) in [5.74, 6) is 0.431. The van der Waals surface area contributed by atoms with Crippen molar-refractivity contribution in [1.29, 1.82) is 0 Å². The lowest BCUT2D eigenvalue weighted by Crippen LogP contribution is -2.38. The van der Waals surface area contributed by atoms with Crippen molar-refractivity contribution in [3.8, 4) is 0 Å². The van der Waals surface area contributed by atoms with E-state index in [4.69, 9.17) is 5.73 Å². The Labute approximate surface area is 150 Å². The number of hydrogen-bond donors (Lipinski definition) is 1. The minimum absolute atomic E-state index is 0. The molecule has 124 valence electrons. The molecule has 0 heterocycles. The van der Waals surface area contributed by atoms with E-state index < -0.39 is 0 Å². The topological polar surface area (TPSA) is 61.9 Å². The van der Waals surface area contributed by atoms with E-state index in [1.165, 1.54) is 0 Å². The van der Waals surface area contributed by atoms with Gasteiger partial charge in [0.15, 0.2) is 5.96 Å². The summed E-state index contributed by atoms with van der Waals surface area (Å²) in [5, 5.41) is 0. The number of carbonyl (C=O) groups excluding carboxylic acids is 1. The molecule has 0 bridgehead atoms. The van der Waals surface area contributed by atoms with Gasteiger partial charge < -0.3 is 15.5 Å². The van der Waals surface area contributed by atoms with Crippen molar-refractivity contribution < 1.29 is 4.79 Å². The van der Waals surface area contributed by atoms with Gasteiger partial charge in [-0.1, -0.05) is 30.3 Å². The molecule has 0 spiro atoms. The van der Waals surface area contributed by atoms with E-state index in [0.29, 0.717) is 19.0 Å². The van der Waals surface area contributed by atoms with E-state index in [0.717, 1.165) is 18.7 Å². The first-order valence-corrected chi connectivity index (χ1v) is 7.48. The molecule has 2 N–H and O–H groups in total. The SMILES string of the molecule is CCN(Cc1ccccc1)C(=O)CN=C(N)N(CC)CC.I. The van der Waals surface area contributed by atoms with E-state index in [1.807, 2.05) is 56.0 Å². The third-order valence-electron chi connectivity index (χ3n) is 3.41. The van der Waals surface area contributed by atoms with Crippen LogP contribution in [0.4, 0.5) is 0 Å². The van der Waals surface area contributed by atoms with E-state index in [2.05, 4.69) is 4.99 Å². The standard InChI is InChI=1S/C16H26N4O.HI/c1-4-19(5-2)16(17)18-12-15(21)20(6-3)13-14-10-8-7-9-11-14;/h7-11H,4-6,12-13H2,1-3H3,(H2,17,18);1H. The number of benzene rings is 1. The van der Waals surface area contributed by atoms with Crippen LogP contribution in [0.15, 0.2) is 35.3 Å². The molecule has 0 aliphatic heterocycles. The highest BCUT2D eigenvalue weighted by Gasteiger charge is 2.12. The van der Waals surface area contributed by atoms with Crippen molar-refractivity contribution in [2.75, 3.05) is 26.2 Å². The number of nitrogens with zero attached hydrogens (tertiary/aromatic N) is 3. The number of halogens is 1. The summed E-state index contributed by atoms with van der Waals surface area (Å²) in [6, 6.07) is 9.96. The summed E-state index contributed by atoms with van der Waals surface area (Å²) in [7, 11) is 0. The Morgan fingerprint density at radius 2 is 1.59 bits per heavy atom. The summed E-state index contributed by atoms with van der Waals surface area (Å²) >= 11 is 0. The Morgan fingerprint density at radius 1 is 1.05 bits per heavy atom. The zero-order valence-electron chi connectivity index (χ0n) is 13.7. The highest BCUT2D eigenvalue weighted by molar-refractivity contribution is 14.0. The molecule has 5 nitrogen and oxygen atoms in total. The molecular formula is C16H27IN4O. The molecule has 1 rings (SSSR count). The van der Waals surface area contributed by atoms with Crippen LogP contribution in [-0.2, 0) is 11.3 Å². The summed E-state index contributed by atoms with van der Waals surface area (Å²) in [5.41, 5.74) is 7.01. The van der Waals surface area contributed by atoms with Gasteiger partial charge in [0.1, 0.15) is 6.54 Å². The van der Waals surface area contributed by atoms with Crippen molar-refractivity contribution in [2.45, 2.75) is 27.3 Å². The summed E-state index contributed by atoms with van der Waals surface area (Å²) in [6.07, 6.45) is 0. The van der Waals surface area contributed by atoms with E-state index in [9.17, 15) is 4.79 Å². The van der Waals surface area contributed by atoms with Gasteiger partial charge in [-0.15, -0.1) is 24.0 Å². The Morgan fingerprint density at radius 3 is 2.09 bits per heavy atom. The molecule has 0 unspecified atom stereocenters. The zero-order valence-corrected chi connectivity index (χ0v) is 16.0. The molecule has 22 heavy (non-hydrogen) atoms. The van der Waals surface area contributed by atoms with Crippen LogP contribution >= 0.6 is 24.0 Å². The second-order valence-electron chi connectivity index (χ2n) is 4.74. The largest absolute Gasteiger partial charge is 0.370 e. The normalized spacial score (nSPS) is 10.8. The predicted octanol–water partition coefficient (Wildman–Crippen LogP) is 2.31. The van der Waals surface area contributed by atoms with Crippen LogP contribution in [0.2, 0.25) is 0 Å². The number of rotatable bonds is 7. The minimum Gasteiger partial charge on any atom is -0.370 e. The van der Waals surface area contributed by atoms with Crippen molar-refractivity contribution in [3.63, 3.8) is 0 Å². The van der Waals surface area contributed by atoms with Crippen LogP contribution in [-0.4, -0.2) is 47.8 Å². The Kier molecular flexibility index (Phi) is 10.6. The Bertz CT molecular complexity index is 460. The van der Waals surface area contributed by atoms with E-state index in [-0.39, 0.29) is 36.4 Å². The van der Waals surface area contributed by atoms with Crippen molar-refractivity contribution in [1.82, 2.24) is 9.80 Å². The van der Waals surface area contributed by atoms with Crippen LogP contribution in [0.25, 0.3) is 0 Å². The Balaban J connectivity index is 0.00000441. The molecule has 0 atom stereocenters. The van der Waals surface area contributed by atoms with Gasteiger partial charge in [-0.3, -0.25) is 4.79 Å². The number of hydrogen-bond acceptors (Lipinski definition) is 2. The molecular weight excluding hydrogens is 391 g/mol. The molecule has 1 amide bonds. The van der Waals surface area contributed by atoms with Gasteiger partial charge in [0.05, 0.1) is 0 Å². The fraction of sp³-hybridized carbons (Fsp3) is 0.500. The van der Waals surface area contributed by atoms with Crippen LogP contribution < -0.4 is 5.73 Å². The molecule has 1 aromatic rings. The highest BCUT2D eigenvalue weighted by Crippen LogP contribution is 2.04. The number of aliphatic imine (C=N–C) groups is 1. The van der Waals surface area contributed by atoms with E-state index in [1.54, 1.807) is 4.90 Å². The van der Waals surface area contributed by atoms with Gasteiger partial charge >= 0.3 is 0 Å². The maximum Gasteiger partial charge on any atom is 0.244 e. The molecule has 0 aromatic heterocycles. The van der Waals surface area contributed by atoms with Crippen molar-refractivity contribution in [2.24, 2.45) is 10.7 Å². The molecule has 0 aliphatic rings. The second-order valence-corrected chi connectivity index (χ2v) is 4.74. The number of amides is 1. The molecule has 0 aliphatic carbocycles. The Hall–Kier alpha value is -1.31. The van der Waals surface area contributed by atoms with E-state index >= 15 is 0 Å². The highest BCUT2D eigenvalue weighted by atomic mass is 127. The maximum atomic E-state index is 12.2. The number of likely N-dealkylation sites (N-methyl/N-ethyl adjacent to an activating group) is 1. The van der Waals surface area contributed by atoms with Crippen LogP contribution in [0.5, 0.6) is 0 Å². The monoisotopic (exact) mass is 418 g/mol.